The van der Waals surface area contributed by atoms with E-state index < -0.39 is 6.10 Å². The van der Waals surface area contributed by atoms with E-state index in [4.69, 9.17) is 4.74 Å². The highest BCUT2D eigenvalue weighted by Crippen LogP contribution is 2.15. The van der Waals surface area contributed by atoms with Crippen molar-refractivity contribution in [2.24, 2.45) is 7.05 Å². The van der Waals surface area contributed by atoms with Gasteiger partial charge in [0.1, 0.15) is 6.10 Å². The Kier molecular flexibility index (Phi) is 4.06. The first kappa shape index (κ1) is 12.7. The third kappa shape index (κ3) is 2.61. The molecule has 1 heterocycles. The summed E-state index contributed by atoms with van der Waals surface area (Å²) in [5.74, 6) is -0.113. The third-order valence-corrected chi connectivity index (χ3v) is 2.82. The summed E-state index contributed by atoms with van der Waals surface area (Å²) in [6.45, 7) is 5.63. The van der Waals surface area contributed by atoms with Gasteiger partial charge in [-0.3, -0.25) is 9.48 Å². The maximum atomic E-state index is 11.6. The summed E-state index contributed by atoms with van der Waals surface area (Å²) in [6.07, 6.45) is 1.34. The van der Waals surface area contributed by atoms with Gasteiger partial charge in [-0.15, -0.1) is 0 Å². The van der Waals surface area contributed by atoms with E-state index in [0.717, 1.165) is 11.3 Å². The van der Waals surface area contributed by atoms with E-state index in [2.05, 4.69) is 10.4 Å². The van der Waals surface area contributed by atoms with E-state index in [1.54, 1.807) is 17.8 Å². The number of nitrogens with zero attached hydrogens (tertiary/aromatic N) is 2. The summed E-state index contributed by atoms with van der Waals surface area (Å²) >= 11 is 0. The molecule has 0 aromatic carbocycles. The van der Waals surface area contributed by atoms with Crippen molar-refractivity contribution in [3.63, 3.8) is 0 Å². The Hall–Kier alpha value is -1.36. The van der Waals surface area contributed by atoms with E-state index in [0.29, 0.717) is 0 Å². The molecule has 0 saturated carbocycles. The number of hydrogen-bond acceptors (Lipinski definition) is 3. The number of aromatic nitrogens is 2. The highest BCUT2D eigenvalue weighted by Gasteiger charge is 2.17. The van der Waals surface area contributed by atoms with Gasteiger partial charge < -0.3 is 10.1 Å². The largest absolute Gasteiger partial charge is 0.372 e. The van der Waals surface area contributed by atoms with Gasteiger partial charge in [-0.25, -0.2) is 0 Å². The fourth-order valence-corrected chi connectivity index (χ4v) is 1.46. The topological polar surface area (TPSA) is 56.1 Å². The molecule has 90 valence electrons. The van der Waals surface area contributed by atoms with Crippen LogP contribution >= 0.6 is 0 Å². The first-order valence-electron chi connectivity index (χ1n) is 5.29. The molecular weight excluding hydrogens is 206 g/mol. The molecule has 0 aliphatic heterocycles. The van der Waals surface area contributed by atoms with Crippen molar-refractivity contribution in [1.29, 1.82) is 0 Å². The molecule has 1 rings (SSSR count). The van der Waals surface area contributed by atoms with Crippen molar-refractivity contribution >= 4 is 5.91 Å². The van der Waals surface area contributed by atoms with Crippen molar-refractivity contribution in [2.45, 2.75) is 32.9 Å². The Bertz CT molecular complexity index is 373. The molecule has 0 aliphatic rings. The molecule has 0 aliphatic carbocycles. The third-order valence-electron chi connectivity index (χ3n) is 2.82. The maximum Gasteiger partial charge on any atom is 0.249 e. The van der Waals surface area contributed by atoms with Gasteiger partial charge in [0.2, 0.25) is 5.91 Å². The Morgan fingerprint density at radius 1 is 1.56 bits per heavy atom. The van der Waals surface area contributed by atoms with Crippen LogP contribution in [0.15, 0.2) is 6.20 Å². The van der Waals surface area contributed by atoms with Crippen LogP contribution in [-0.2, 0) is 16.6 Å². The highest BCUT2D eigenvalue weighted by atomic mass is 16.5. The van der Waals surface area contributed by atoms with Crippen LogP contribution in [0.25, 0.3) is 0 Å². The minimum Gasteiger partial charge on any atom is -0.372 e. The lowest BCUT2D eigenvalue weighted by atomic mass is 10.1. The normalized spacial score (nSPS) is 14.6. The standard InChI is InChI=1S/C11H19N3O2/c1-7(13-11(15)9(3)16-5)10-6-12-14(4)8(10)2/h6-7,9H,1-5H3,(H,13,15). The molecule has 0 spiro atoms. The first-order valence-corrected chi connectivity index (χ1v) is 5.29. The molecule has 1 aromatic rings. The summed E-state index contributed by atoms with van der Waals surface area (Å²) in [4.78, 5) is 11.6. The van der Waals surface area contributed by atoms with Crippen LogP contribution in [-0.4, -0.2) is 28.9 Å². The Morgan fingerprint density at radius 3 is 2.62 bits per heavy atom. The van der Waals surface area contributed by atoms with E-state index in [1.807, 2.05) is 20.9 Å². The van der Waals surface area contributed by atoms with Gasteiger partial charge in [0.25, 0.3) is 0 Å². The Morgan fingerprint density at radius 2 is 2.19 bits per heavy atom. The van der Waals surface area contributed by atoms with Crippen molar-refractivity contribution in [3.8, 4) is 0 Å². The number of methoxy groups -OCH3 is 1. The predicted molar refractivity (Wildman–Crippen MR) is 61.0 cm³/mol. The van der Waals surface area contributed by atoms with E-state index in [1.165, 1.54) is 7.11 Å². The minimum atomic E-state index is -0.431. The number of carbonyl (C=O) groups excluding carboxylic acids is 1. The first-order chi connectivity index (χ1) is 7.47. The quantitative estimate of drug-likeness (QED) is 0.829. The number of carbonyl (C=O) groups is 1. The molecule has 2 unspecified atom stereocenters. The van der Waals surface area contributed by atoms with Crippen LogP contribution in [0.3, 0.4) is 0 Å². The molecule has 1 amide bonds. The van der Waals surface area contributed by atoms with Gasteiger partial charge >= 0.3 is 0 Å². The van der Waals surface area contributed by atoms with Crippen LogP contribution in [0.1, 0.15) is 31.1 Å². The zero-order valence-corrected chi connectivity index (χ0v) is 10.4. The summed E-state index contributed by atoms with van der Waals surface area (Å²) in [5.41, 5.74) is 2.08. The Labute approximate surface area is 95.8 Å². The molecule has 1 aromatic heterocycles. The average molecular weight is 225 g/mol. The lowest BCUT2D eigenvalue weighted by Gasteiger charge is -2.16. The number of ether oxygens (including phenoxy) is 1. The van der Waals surface area contributed by atoms with Crippen LogP contribution in [0.4, 0.5) is 0 Å². The van der Waals surface area contributed by atoms with Gasteiger partial charge in [0.15, 0.2) is 0 Å². The second kappa shape index (κ2) is 5.12. The second-order valence-electron chi connectivity index (χ2n) is 3.92. The van der Waals surface area contributed by atoms with E-state index in [-0.39, 0.29) is 11.9 Å². The van der Waals surface area contributed by atoms with Crippen LogP contribution in [0.2, 0.25) is 0 Å². The molecule has 16 heavy (non-hydrogen) atoms. The Balaban J connectivity index is 2.69. The molecule has 0 fully saturated rings. The number of nitrogens with one attached hydrogen (secondary N) is 1. The highest BCUT2D eigenvalue weighted by molar-refractivity contribution is 5.80. The number of hydrogen-bond donors (Lipinski definition) is 1. The van der Waals surface area contributed by atoms with Crippen molar-refractivity contribution in [1.82, 2.24) is 15.1 Å². The predicted octanol–water partition coefficient (Wildman–Crippen LogP) is 0.941. The summed E-state index contributed by atoms with van der Waals surface area (Å²) in [5, 5.41) is 7.03. The van der Waals surface area contributed by atoms with E-state index >= 15 is 0 Å². The lowest BCUT2D eigenvalue weighted by molar-refractivity contribution is -0.130. The molecule has 2 atom stereocenters. The van der Waals surface area contributed by atoms with Crippen LogP contribution < -0.4 is 5.32 Å². The van der Waals surface area contributed by atoms with Crippen LogP contribution in [0, 0.1) is 6.92 Å². The van der Waals surface area contributed by atoms with Crippen molar-refractivity contribution in [2.75, 3.05) is 7.11 Å². The monoisotopic (exact) mass is 225 g/mol. The summed E-state index contributed by atoms with van der Waals surface area (Å²) < 4.78 is 6.74. The molecular formula is C11H19N3O2. The van der Waals surface area contributed by atoms with Gasteiger partial charge in [0, 0.05) is 25.4 Å². The maximum absolute atomic E-state index is 11.6. The number of amides is 1. The molecule has 0 bridgehead atoms. The lowest BCUT2D eigenvalue weighted by Crippen LogP contribution is -2.35. The van der Waals surface area contributed by atoms with Crippen molar-refractivity contribution < 1.29 is 9.53 Å². The zero-order chi connectivity index (χ0) is 12.3. The minimum absolute atomic E-state index is 0.0567. The van der Waals surface area contributed by atoms with Gasteiger partial charge in [-0.2, -0.15) is 5.10 Å². The fourth-order valence-electron chi connectivity index (χ4n) is 1.46. The summed E-state index contributed by atoms with van der Waals surface area (Å²) in [6, 6.07) is -0.0567. The molecule has 5 nitrogen and oxygen atoms in total. The zero-order valence-electron chi connectivity index (χ0n) is 10.4. The SMILES string of the molecule is COC(C)C(=O)NC(C)c1cnn(C)c1C. The van der Waals surface area contributed by atoms with Crippen LogP contribution in [0.5, 0.6) is 0 Å². The average Bonchev–Trinajstić information content (AvgIpc) is 2.58. The van der Waals surface area contributed by atoms with Gasteiger partial charge in [-0.05, 0) is 20.8 Å². The molecule has 0 saturated heterocycles. The number of aryl methyl sites for hydroxylation is 1. The number of rotatable bonds is 4. The fraction of sp³-hybridized carbons (Fsp3) is 0.636. The molecule has 5 heteroatoms. The second-order valence-corrected chi connectivity index (χ2v) is 3.92. The summed E-state index contributed by atoms with van der Waals surface area (Å²) in [7, 11) is 3.40. The molecule has 1 N–H and O–H groups in total. The molecule has 0 radical (unpaired) electrons. The van der Waals surface area contributed by atoms with Crippen molar-refractivity contribution in [3.05, 3.63) is 17.5 Å². The van der Waals surface area contributed by atoms with Gasteiger partial charge in [-0.1, -0.05) is 0 Å². The van der Waals surface area contributed by atoms with E-state index in [9.17, 15) is 4.79 Å². The van der Waals surface area contributed by atoms with Gasteiger partial charge in [0.05, 0.1) is 12.2 Å². The smallest absolute Gasteiger partial charge is 0.249 e.